The van der Waals surface area contributed by atoms with Gasteiger partial charge >= 0.3 is 0 Å². The third kappa shape index (κ3) is 4.60. The van der Waals surface area contributed by atoms with E-state index in [0.29, 0.717) is 61.1 Å². The van der Waals surface area contributed by atoms with Crippen molar-refractivity contribution in [1.82, 2.24) is 15.2 Å². The number of aliphatic hydroxyl groups excluding tert-OH is 1. The number of aromatic nitrogens is 1. The van der Waals surface area contributed by atoms with Crippen LogP contribution in [0.2, 0.25) is 0 Å². The standard InChI is InChI=1S/C29H31FN4O4S/c1-29(2)25(35)23-22(28(34-11-13-38-14-12-34)39-24(23)26(36)32-29)17-7-8-31-21(16-17)19-15-18(5-6-20(19)30)27(37)33-9-3-4-10-33/h5-8,15-16,25,35H,3-4,9-14H2,1-2H3,(H,32,36). The highest BCUT2D eigenvalue weighted by Crippen LogP contribution is 2.50. The molecule has 1 unspecified atom stereocenters. The van der Waals surface area contributed by atoms with E-state index in [9.17, 15) is 14.7 Å². The number of pyridine rings is 1. The van der Waals surface area contributed by atoms with Crippen LogP contribution in [0, 0.1) is 5.82 Å². The van der Waals surface area contributed by atoms with Crippen molar-refractivity contribution in [2.45, 2.75) is 38.3 Å². The Balaban J connectivity index is 1.47. The van der Waals surface area contributed by atoms with Gasteiger partial charge in [-0.25, -0.2) is 4.39 Å². The summed E-state index contributed by atoms with van der Waals surface area (Å²) in [5.41, 5.74) is 2.22. The number of nitrogens with one attached hydrogen (secondary N) is 1. The third-order valence-corrected chi connectivity index (χ3v) is 9.02. The highest BCUT2D eigenvalue weighted by atomic mass is 32.1. The van der Waals surface area contributed by atoms with Gasteiger partial charge in [0.2, 0.25) is 0 Å². The predicted octanol–water partition coefficient (Wildman–Crippen LogP) is 4.24. The number of fused-ring (bicyclic) bond motifs is 1. The molecule has 3 aliphatic rings. The Morgan fingerprint density at radius 3 is 2.64 bits per heavy atom. The number of rotatable bonds is 4. The van der Waals surface area contributed by atoms with Crippen molar-refractivity contribution in [2.75, 3.05) is 44.3 Å². The number of hydrogen-bond donors (Lipinski definition) is 2. The maximum Gasteiger partial charge on any atom is 0.262 e. The zero-order valence-electron chi connectivity index (χ0n) is 22.0. The highest BCUT2D eigenvalue weighted by molar-refractivity contribution is 7.19. The van der Waals surface area contributed by atoms with Crippen molar-refractivity contribution in [3.63, 3.8) is 0 Å². The summed E-state index contributed by atoms with van der Waals surface area (Å²) in [5.74, 6) is -0.804. The summed E-state index contributed by atoms with van der Waals surface area (Å²) < 4.78 is 20.7. The number of carbonyl (C=O) groups excluding carboxylic acids is 2. The van der Waals surface area contributed by atoms with Gasteiger partial charge < -0.3 is 25.0 Å². The highest BCUT2D eigenvalue weighted by Gasteiger charge is 2.43. The maximum absolute atomic E-state index is 15.2. The zero-order chi connectivity index (χ0) is 27.3. The minimum atomic E-state index is -0.944. The van der Waals surface area contributed by atoms with Crippen LogP contribution in [0.5, 0.6) is 0 Å². The fourth-order valence-corrected chi connectivity index (χ4v) is 6.90. The normalized spacial score (nSPS) is 20.6. The van der Waals surface area contributed by atoms with E-state index in [4.69, 9.17) is 4.74 Å². The largest absolute Gasteiger partial charge is 0.386 e. The van der Waals surface area contributed by atoms with Crippen molar-refractivity contribution < 1.29 is 23.8 Å². The van der Waals surface area contributed by atoms with Crippen LogP contribution in [-0.2, 0) is 4.74 Å². The van der Waals surface area contributed by atoms with E-state index in [1.54, 1.807) is 37.1 Å². The molecule has 10 heteroatoms. The molecule has 8 nitrogen and oxygen atoms in total. The lowest BCUT2D eigenvalue weighted by molar-refractivity contribution is 0.0558. The number of morpholine rings is 1. The lowest BCUT2D eigenvalue weighted by Gasteiger charge is -2.36. The Bertz CT molecular complexity index is 1440. The molecule has 2 aromatic heterocycles. The molecule has 2 N–H and O–H groups in total. The molecule has 1 atom stereocenters. The van der Waals surface area contributed by atoms with Crippen molar-refractivity contribution in [1.29, 1.82) is 0 Å². The van der Waals surface area contributed by atoms with Gasteiger partial charge in [0.05, 0.1) is 24.4 Å². The quantitative estimate of drug-likeness (QED) is 0.505. The zero-order valence-corrected chi connectivity index (χ0v) is 22.8. The molecule has 1 aromatic carbocycles. The summed E-state index contributed by atoms with van der Waals surface area (Å²) in [6, 6.07) is 8.00. The third-order valence-electron chi connectivity index (χ3n) is 7.75. The van der Waals surface area contributed by atoms with Crippen LogP contribution in [0.25, 0.3) is 22.4 Å². The second-order valence-corrected chi connectivity index (χ2v) is 11.8. The molecule has 3 aliphatic heterocycles. The van der Waals surface area contributed by atoms with Crippen LogP contribution in [0.15, 0.2) is 36.5 Å². The molecular formula is C29H31FN4O4S. The lowest BCUT2D eigenvalue weighted by Crippen LogP contribution is -2.51. The van der Waals surface area contributed by atoms with Gasteiger partial charge in [0.1, 0.15) is 21.8 Å². The minimum Gasteiger partial charge on any atom is -0.386 e. The van der Waals surface area contributed by atoms with Crippen LogP contribution in [0.4, 0.5) is 9.39 Å². The number of hydrogen-bond acceptors (Lipinski definition) is 7. The molecule has 0 saturated carbocycles. The average Bonchev–Trinajstić information content (AvgIpc) is 3.61. The number of anilines is 1. The summed E-state index contributed by atoms with van der Waals surface area (Å²) in [4.78, 5) is 35.0. The Morgan fingerprint density at radius 1 is 1.15 bits per heavy atom. The average molecular weight is 551 g/mol. The molecular weight excluding hydrogens is 519 g/mol. The Hall–Kier alpha value is -3.34. The number of amides is 2. The van der Waals surface area contributed by atoms with Gasteiger partial charge in [0.25, 0.3) is 11.8 Å². The molecule has 204 valence electrons. The van der Waals surface area contributed by atoms with E-state index in [-0.39, 0.29) is 17.4 Å². The number of aliphatic hydroxyl groups is 1. The van der Waals surface area contributed by atoms with Gasteiger partial charge in [-0.2, -0.15) is 0 Å². The molecule has 39 heavy (non-hydrogen) atoms. The lowest BCUT2D eigenvalue weighted by atomic mass is 9.84. The van der Waals surface area contributed by atoms with Gasteiger partial charge in [0.15, 0.2) is 0 Å². The molecule has 0 spiro atoms. The summed E-state index contributed by atoms with van der Waals surface area (Å²) in [7, 11) is 0. The van der Waals surface area contributed by atoms with Crippen LogP contribution in [0.3, 0.4) is 0 Å². The summed E-state index contributed by atoms with van der Waals surface area (Å²) in [6.45, 7) is 7.44. The summed E-state index contributed by atoms with van der Waals surface area (Å²) >= 11 is 1.35. The number of ether oxygens (including phenoxy) is 1. The fourth-order valence-electron chi connectivity index (χ4n) is 5.60. The van der Waals surface area contributed by atoms with Crippen molar-refractivity contribution in [3.05, 3.63) is 58.3 Å². The first-order valence-electron chi connectivity index (χ1n) is 13.3. The van der Waals surface area contributed by atoms with E-state index in [0.717, 1.165) is 29.0 Å². The van der Waals surface area contributed by atoms with Gasteiger partial charge in [0, 0.05) is 54.6 Å². The van der Waals surface area contributed by atoms with Crippen LogP contribution in [0.1, 0.15) is 58.4 Å². The number of nitrogens with zero attached hydrogens (tertiary/aromatic N) is 3. The number of halogens is 1. The predicted molar refractivity (Wildman–Crippen MR) is 148 cm³/mol. The summed E-state index contributed by atoms with van der Waals surface area (Å²) in [5, 5.41) is 15.2. The van der Waals surface area contributed by atoms with Gasteiger partial charge in [-0.1, -0.05) is 0 Å². The van der Waals surface area contributed by atoms with Crippen molar-refractivity contribution in [3.8, 4) is 22.4 Å². The van der Waals surface area contributed by atoms with Crippen LogP contribution < -0.4 is 10.2 Å². The Morgan fingerprint density at radius 2 is 1.90 bits per heavy atom. The first-order chi connectivity index (χ1) is 18.7. The van der Waals surface area contributed by atoms with E-state index in [1.165, 1.54) is 23.5 Å². The van der Waals surface area contributed by atoms with Gasteiger partial charge in [-0.3, -0.25) is 14.6 Å². The van der Waals surface area contributed by atoms with Gasteiger partial charge in [-0.15, -0.1) is 11.3 Å². The molecule has 0 bridgehead atoms. The molecule has 3 aromatic rings. The molecule has 0 radical (unpaired) electrons. The fraction of sp³-hybridized carbons (Fsp3) is 0.414. The number of thiophene rings is 1. The van der Waals surface area contributed by atoms with Gasteiger partial charge in [-0.05, 0) is 62.6 Å². The molecule has 2 fully saturated rings. The van der Waals surface area contributed by atoms with Crippen molar-refractivity contribution >= 4 is 28.2 Å². The SMILES string of the molecule is CC1(C)NC(=O)c2sc(N3CCOCC3)c(-c3ccnc(-c4cc(C(=O)N5CCCC5)ccc4F)c3)c2C1O. The van der Waals surface area contributed by atoms with Crippen LogP contribution >= 0.6 is 11.3 Å². The number of benzene rings is 1. The van der Waals surface area contributed by atoms with E-state index in [2.05, 4.69) is 15.2 Å². The Labute approximate surface area is 230 Å². The van der Waals surface area contributed by atoms with Crippen molar-refractivity contribution in [2.24, 2.45) is 0 Å². The summed E-state index contributed by atoms with van der Waals surface area (Å²) in [6.07, 6.45) is 2.61. The second-order valence-electron chi connectivity index (χ2n) is 10.8. The van der Waals surface area contributed by atoms with E-state index < -0.39 is 17.5 Å². The number of likely N-dealkylation sites (tertiary alicyclic amines) is 1. The number of carbonyl (C=O) groups is 2. The second kappa shape index (κ2) is 10.0. The molecule has 6 rings (SSSR count). The molecule has 5 heterocycles. The molecule has 0 aliphatic carbocycles. The maximum atomic E-state index is 15.2. The molecule has 2 amide bonds. The van der Waals surface area contributed by atoms with Crippen LogP contribution in [-0.4, -0.2) is 71.7 Å². The molecule has 2 saturated heterocycles. The first-order valence-corrected chi connectivity index (χ1v) is 14.1. The first kappa shape index (κ1) is 25.9. The van der Waals surface area contributed by atoms with E-state index >= 15 is 4.39 Å². The monoisotopic (exact) mass is 550 g/mol. The van der Waals surface area contributed by atoms with E-state index in [1.807, 2.05) is 6.07 Å². The topological polar surface area (TPSA) is 95.0 Å². The smallest absolute Gasteiger partial charge is 0.262 e. The minimum absolute atomic E-state index is 0.109. The Kier molecular flexibility index (Phi) is 6.65.